The van der Waals surface area contributed by atoms with Gasteiger partial charge in [-0.05, 0) is 46.6 Å². The van der Waals surface area contributed by atoms with Crippen molar-refractivity contribution >= 4 is 15.7 Å². The number of sulfone groups is 1. The number of aromatic amines is 1. The fourth-order valence-corrected chi connectivity index (χ4v) is 4.12. The lowest BCUT2D eigenvalue weighted by Gasteiger charge is -2.33. The maximum atomic E-state index is 12.5. The molecule has 2 heterocycles. The zero-order valence-electron chi connectivity index (χ0n) is 13.7. The van der Waals surface area contributed by atoms with Crippen LogP contribution in [-0.2, 0) is 14.6 Å². The molecule has 1 aromatic rings. The third-order valence-corrected chi connectivity index (χ3v) is 6.88. The topological polar surface area (TPSA) is 83.1 Å². The van der Waals surface area contributed by atoms with Crippen molar-refractivity contribution in [2.75, 3.05) is 13.1 Å². The van der Waals surface area contributed by atoms with Crippen LogP contribution in [0.15, 0.2) is 6.07 Å². The van der Waals surface area contributed by atoms with Crippen LogP contribution in [0.2, 0.25) is 0 Å². The van der Waals surface area contributed by atoms with E-state index in [0.29, 0.717) is 13.1 Å². The molecule has 124 valence electrons. The lowest BCUT2D eigenvalue weighted by atomic mass is 9.94. The molecule has 0 radical (unpaired) electrons. The van der Waals surface area contributed by atoms with Gasteiger partial charge in [0.15, 0.2) is 9.84 Å². The molecule has 1 saturated heterocycles. The standard InChI is InChI=1S/C15H25N3O3S/c1-10(2)22(20,21)12(4)15(19)18-7-5-6-13(9-18)14-8-11(3)16-17-14/h8,10,12-13H,5-7,9H2,1-4H3,(H,16,17). The third-order valence-electron chi connectivity index (χ3n) is 4.37. The van der Waals surface area contributed by atoms with Crippen molar-refractivity contribution < 1.29 is 13.2 Å². The van der Waals surface area contributed by atoms with Gasteiger partial charge in [-0.3, -0.25) is 9.89 Å². The summed E-state index contributed by atoms with van der Waals surface area (Å²) in [4.78, 5) is 14.2. The van der Waals surface area contributed by atoms with E-state index in [2.05, 4.69) is 10.2 Å². The van der Waals surface area contributed by atoms with Crippen LogP contribution in [0.25, 0.3) is 0 Å². The SMILES string of the molecule is Cc1cc(C2CCCN(C(=O)C(C)S(=O)(=O)C(C)C)C2)n[nH]1. The molecule has 2 unspecified atom stereocenters. The summed E-state index contributed by atoms with van der Waals surface area (Å²) in [5, 5.41) is 5.68. The van der Waals surface area contributed by atoms with Crippen LogP contribution in [0.4, 0.5) is 0 Å². The van der Waals surface area contributed by atoms with Gasteiger partial charge in [0.1, 0.15) is 5.25 Å². The fourth-order valence-electron chi connectivity index (χ4n) is 2.87. The molecule has 2 atom stereocenters. The number of hydrogen-bond donors (Lipinski definition) is 1. The quantitative estimate of drug-likeness (QED) is 0.911. The molecule has 1 amide bonds. The molecule has 0 saturated carbocycles. The Kier molecular flexibility index (Phi) is 4.94. The Morgan fingerprint density at radius 1 is 1.41 bits per heavy atom. The summed E-state index contributed by atoms with van der Waals surface area (Å²) < 4.78 is 24.4. The molecule has 0 spiro atoms. The minimum absolute atomic E-state index is 0.177. The number of nitrogens with one attached hydrogen (secondary N) is 1. The highest BCUT2D eigenvalue weighted by molar-refractivity contribution is 7.93. The maximum Gasteiger partial charge on any atom is 0.240 e. The molecular weight excluding hydrogens is 302 g/mol. The number of aromatic nitrogens is 2. The van der Waals surface area contributed by atoms with Gasteiger partial charge in [0, 0.05) is 24.7 Å². The Hall–Kier alpha value is -1.37. The molecule has 2 rings (SSSR count). The Balaban J connectivity index is 2.10. The van der Waals surface area contributed by atoms with Gasteiger partial charge >= 0.3 is 0 Å². The van der Waals surface area contributed by atoms with E-state index in [0.717, 1.165) is 24.2 Å². The molecular formula is C15H25N3O3S. The summed E-state index contributed by atoms with van der Waals surface area (Å²) in [5.41, 5.74) is 1.95. The Labute approximate surface area is 132 Å². The van der Waals surface area contributed by atoms with Gasteiger partial charge in [-0.2, -0.15) is 5.10 Å². The molecule has 0 aromatic carbocycles. The number of rotatable bonds is 4. The zero-order chi connectivity index (χ0) is 16.5. The number of piperidine rings is 1. The Morgan fingerprint density at radius 2 is 2.09 bits per heavy atom. The van der Waals surface area contributed by atoms with Crippen LogP contribution in [0, 0.1) is 6.92 Å². The molecule has 6 nitrogen and oxygen atoms in total. The summed E-state index contributed by atoms with van der Waals surface area (Å²) in [6, 6.07) is 1.99. The predicted octanol–water partition coefficient (Wildman–Crippen LogP) is 1.64. The second-order valence-electron chi connectivity index (χ2n) is 6.38. The van der Waals surface area contributed by atoms with E-state index >= 15 is 0 Å². The van der Waals surface area contributed by atoms with Crippen molar-refractivity contribution in [2.24, 2.45) is 0 Å². The summed E-state index contributed by atoms with van der Waals surface area (Å²) in [5.74, 6) is -0.109. The van der Waals surface area contributed by atoms with Crippen molar-refractivity contribution in [3.8, 4) is 0 Å². The number of likely N-dealkylation sites (tertiary alicyclic amines) is 1. The molecule has 1 aliphatic rings. The average molecular weight is 327 g/mol. The number of amides is 1. The van der Waals surface area contributed by atoms with Crippen molar-refractivity contribution in [1.82, 2.24) is 15.1 Å². The average Bonchev–Trinajstić information content (AvgIpc) is 2.92. The van der Waals surface area contributed by atoms with E-state index in [1.165, 1.54) is 6.92 Å². The second-order valence-corrected chi connectivity index (χ2v) is 9.21. The third kappa shape index (κ3) is 3.34. The highest BCUT2D eigenvalue weighted by Crippen LogP contribution is 2.27. The molecule has 1 aromatic heterocycles. The molecule has 0 bridgehead atoms. The molecule has 22 heavy (non-hydrogen) atoms. The number of carbonyl (C=O) groups is 1. The number of carbonyl (C=O) groups excluding carboxylic acids is 1. The van der Waals surface area contributed by atoms with Crippen LogP contribution < -0.4 is 0 Å². The van der Waals surface area contributed by atoms with Crippen LogP contribution in [0.5, 0.6) is 0 Å². The summed E-state index contributed by atoms with van der Waals surface area (Å²) in [7, 11) is -3.42. The normalized spacial score (nSPS) is 21.1. The van der Waals surface area contributed by atoms with E-state index in [1.807, 2.05) is 13.0 Å². The van der Waals surface area contributed by atoms with Crippen LogP contribution in [-0.4, -0.2) is 53.0 Å². The molecule has 1 fully saturated rings. The molecule has 1 aliphatic heterocycles. The van der Waals surface area contributed by atoms with Gasteiger partial charge in [0.25, 0.3) is 0 Å². The van der Waals surface area contributed by atoms with Gasteiger partial charge in [-0.25, -0.2) is 8.42 Å². The summed E-state index contributed by atoms with van der Waals surface area (Å²) in [6.07, 6.45) is 1.84. The zero-order valence-corrected chi connectivity index (χ0v) is 14.5. The number of nitrogens with zero attached hydrogens (tertiary/aromatic N) is 2. The second kappa shape index (κ2) is 6.40. The van der Waals surface area contributed by atoms with Crippen molar-refractivity contribution in [3.05, 3.63) is 17.5 Å². The minimum Gasteiger partial charge on any atom is -0.341 e. The van der Waals surface area contributed by atoms with E-state index in [9.17, 15) is 13.2 Å². The summed E-state index contributed by atoms with van der Waals surface area (Å²) >= 11 is 0. The lowest BCUT2D eigenvalue weighted by Crippen LogP contribution is -2.47. The van der Waals surface area contributed by atoms with E-state index in [4.69, 9.17) is 0 Å². The van der Waals surface area contributed by atoms with Gasteiger partial charge in [-0.1, -0.05) is 0 Å². The summed E-state index contributed by atoms with van der Waals surface area (Å²) in [6.45, 7) is 7.84. The predicted molar refractivity (Wildman–Crippen MR) is 85.4 cm³/mol. The van der Waals surface area contributed by atoms with Crippen LogP contribution >= 0.6 is 0 Å². The van der Waals surface area contributed by atoms with Crippen LogP contribution in [0.3, 0.4) is 0 Å². The smallest absolute Gasteiger partial charge is 0.240 e. The lowest BCUT2D eigenvalue weighted by molar-refractivity contribution is -0.131. The van der Waals surface area contributed by atoms with Crippen molar-refractivity contribution in [1.29, 1.82) is 0 Å². The first-order valence-electron chi connectivity index (χ1n) is 7.77. The first-order chi connectivity index (χ1) is 10.2. The van der Waals surface area contributed by atoms with Gasteiger partial charge in [0.2, 0.25) is 5.91 Å². The maximum absolute atomic E-state index is 12.5. The highest BCUT2D eigenvalue weighted by atomic mass is 32.2. The monoisotopic (exact) mass is 327 g/mol. The number of hydrogen-bond acceptors (Lipinski definition) is 4. The first kappa shape index (κ1) is 17.0. The van der Waals surface area contributed by atoms with E-state index < -0.39 is 20.3 Å². The minimum atomic E-state index is -3.42. The molecule has 1 N–H and O–H groups in total. The Bertz CT molecular complexity index is 636. The highest BCUT2D eigenvalue weighted by Gasteiger charge is 2.36. The fraction of sp³-hybridized carbons (Fsp3) is 0.733. The largest absolute Gasteiger partial charge is 0.341 e. The van der Waals surface area contributed by atoms with Crippen molar-refractivity contribution in [3.63, 3.8) is 0 Å². The van der Waals surface area contributed by atoms with E-state index in [-0.39, 0.29) is 11.8 Å². The van der Waals surface area contributed by atoms with Crippen LogP contribution in [0.1, 0.15) is 50.9 Å². The Morgan fingerprint density at radius 3 is 2.64 bits per heavy atom. The van der Waals surface area contributed by atoms with E-state index in [1.54, 1.807) is 18.7 Å². The first-order valence-corrected chi connectivity index (χ1v) is 9.37. The van der Waals surface area contributed by atoms with Gasteiger partial charge in [-0.15, -0.1) is 0 Å². The molecule has 0 aliphatic carbocycles. The van der Waals surface area contributed by atoms with Crippen molar-refractivity contribution in [2.45, 2.75) is 57.0 Å². The van der Waals surface area contributed by atoms with Gasteiger partial charge < -0.3 is 4.90 Å². The molecule has 7 heteroatoms. The van der Waals surface area contributed by atoms with Gasteiger partial charge in [0.05, 0.1) is 10.9 Å². The number of H-pyrrole nitrogens is 1. The number of aryl methyl sites for hydroxylation is 1.